The maximum absolute atomic E-state index is 12.6. The molecule has 0 aliphatic heterocycles. The van der Waals surface area contributed by atoms with Crippen LogP contribution in [0.3, 0.4) is 0 Å². The Balaban J connectivity index is 2.16. The monoisotopic (exact) mass is 267 g/mol. The minimum absolute atomic E-state index is 0.0544. The number of amidine groups is 1. The zero-order valence-corrected chi connectivity index (χ0v) is 12.3. The molecule has 5 nitrogen and oxygen atoms in total. The Morgan fingerprint density at radius 1 is 1.21 bits per heavy atom. The molecule has 0 atom stereocenters. The van der Waals surface area contributed by atoms with Crippen molar-refractivity contribution in [3.8, 4) is 0 Å². The molecular formula is C14H25N3O2. The van der Waals surface area contributed by atoms with E-state index in [1.165, 1.54) is 0 Å². The number of hydrogen-bond donors (Lipinski definition) is 3. The molecular weight excluding hydrogens is 242 g/mol. The zero-order chi connectivity index (χ0) is 14.5. The molecule has 0 aromatic rings. The van der Waals surface area contributed by atoms with E-state index >= 15 is 0 Å². The van der Waals surface area contributed by atoms with Crippen LogP contribution < -0.4 is 11.1 Å². The van der Waals surface area contributed by atoms with Crippen molar-refractivity contribution in [1.29, 1.82) is 0 Å². The van der Waals surface area contributed by atoms with Crippen LogP contribution in [-0.2, 0) is 4.79 Å². The van der Waals surface area contributed by atoms with E-state index in [0.29, 0.717) is 12.8 Å². The van der Waals surface area contributed by atoms with Gasteiger partial charge in [0.2, 0.25) is 5.91 Å². The first-order valence-corrected chi connectivity index (χ1v) is 6.99. The van der Waals surface area contributed by atoms with Gasteiger partial charge in [0.1, 0.15) is 5.41 Å². The van der Waals surface area contributed by atoms with Gasteiger partial charge in [0.05, 0.1) is 0 Å². The largest absolute Gasteiger partial charge is 0.409 e. The molecule has 0 unspecified atom stereocenters. The van der Waals surface area contributed by atoms with Crippen molar-refractivity contribution in [3.63, 3.8) is 0 Å². The number of nitrogens with one attached hydrogen (secondary N) is 1. The summed E-state index contributed by atoms with van der Waals surface area (Å²) in [7, 11) is 0. The molecule has 5 heteroatoms. The quantitative estimate of drug-likeness (QED) is 0.315. The van der Waals surface area contributed by atoms with E-state index in [2.05, 4.69) is 38.2 Å². The molecule has 0 radical (unpaired) electrons. The highest BCUT2D eigenvalue weighted by Crippen LogP contribution is 2.62. The number of oxime groups is 1. The number of carbonyl (C=O) groups excluding carboxylic acids is 1. The first-order chi connectivity index (χ1) is 8.70. The summed E-state index contributed by atoms with van der Waals surface area (Å²) in [4.78, 5) is 12.6. The second kappa shape index (κ2) is 4.12. The number of carbonyl (C=O) groups is 1. The van der Waals surface area contributed by atoms with E-state index in [4.69, 9.17) is 10.9 Å². The van der Waals surface area contributed by atoms with E-state index in [9.17, 15) is 4.79 Å². The molecule has 0 spiro atoms. The number of amides is 1. The van der Waals surface area contributed by atoms with Gasteiger partial charge in [-0.25, -0.2) is 0 Å². The molecule has 2 aliphatic rings. The predicted octanol–water partition coefficient (Wildman–Crippen LogP) is 1.84. The zero-order valence-electron chi connectivity index (χ0n) is 12.3. The fraction of sp³-hybridized carbons (Fsp3) is 0.857. The third-order valence-corrected chi connectivity index (χ3v) is 5.79. The van der Waals surface area contributed by atoms with Crippen molar-refractivity contribution >= 4 is 11.7 Å². The minimum Gasteiger partial charge on any atom is -0.409 e. The molecule has 2 rings (SSSR count). The second-order valence-electron chi connectivity index (χ2n) is 7.12. The van der Waals surface area contributed by atoms with Gasteiger partial charge >= 0.3 is 0 Å². The summed E-state index contributed by atoms with van der Waals surface area (Å²) < 4.78 is 0. The summed E-state index contributed by atoms with van der Waals surface area (Å²) in [5.74, 6) is -0.0253. The Kier molecular flexibility index (Phi) is 3.07. The van der Waals surface area contributed by atoms with Gasteiger partial charge in [-0.15, -0.1) is 0 Å². The third kappa shape index (κ3) is 1.82. The smallest absolute Gasteiger partial charge is 0.234 e. The van der Waals surface area contributed by atoms with Gasteiger partial charge in [-0.2, -0.15) is 0 Å². The van der Waals surface area contributed by atoms with Crippen LogP contribution in [0.25, 0.3) is 0 Å². The first-order valence-electron chi connectivity index (χ1n) is 6.99. The molecule has 1 amide bonds. The molecule has 108 valence electrons. The molecule has 0 saturated heterocycles. The fourth-order valence-electron chi connectivity index (χ4n) is 3.50. The van der Waals surface area contributed by atoms with E-state index in [0.717, 1.165) is 12.8 Å². The molecule has 19 heavy (non-hydrogen) atoms. The van der Waals surface area contributed by atoms with Crippen molar-refractivity contribution < 1.29 is 10.0 Å². The van der Waals surface area contributed by atoms with Crippen molar-refractivity contribution in [2.75, 3.05) is 0 Å². The molecule has 2 fully saturated rings. The molecule has 4 N–H and O–H groups in total. The van der Waals surface area contributed by atoms with Gasteiger partial charge in [-0.3, -0.25) is 4.79 Å². The molecule has 2 aliphatic carbocycles. The molecule has 0 aromatic carbocycles. The van der Waals surface area contributed by atoms with Gasteiger partial charge in [0, 0.05) is 6.04 Å². The number of nitrogens with zero attached hydrogens (tertiary/aromatic N) is 1. The minimum atomic E-state index is -0.802. The summed E-state index contributed by atoms with van der Waals surface area (Å²) in [6.07, 6.45) is 3.23. The van der Waals surface area contributed by atoms with Gasteiger partial charge in [-0.05, 0) is 23.7 Å². The van der Waals surface area contributed by atoms with Gasteiger partial charge in [0.25, 0.3) is 0 Å². The van der Waals surface area contributed by atoms with Crippen LogP contribution in [0.15, 0.2) is 5.16 Å². The van der Waals surface area contributed by atoms with Crippen LogP contribution >= 0.6 is 0 Å². The van der Waals surface area contributed by atoms with Crippen LogP contribution in [0.2, 0.25) is 0 Å². The Hall–Kier alpha value is -1.26. The molecule has 0 bridgehead atoms. The van der Waals surface area contributed by atoms with Crippen LogP contribution in [0, 0.1) is 16.2 Å². The third-order valence-electron chi connectivity index (χ3n) is 5.79. The van der Waals surface area contributed by atoms with E-state index in [1.807, 2.05) is 0 Å². The maximum Gasteiger partial charge on any atom is 0.234 e. The summed E-state index contributed by atoms with van der Waals surface area (Å²) in [5, 5.41) is 15.2. The topological polar surface area (TPSA) is 87.7 Å². The van der Waals surface area contributed by atoms with E-state index in [-0.39, 0.29) is 28.6 Å². The van der Waals surface area contributed by atoms with Gasteiger partial charge < -0.3 is 16.3 Å². The Bertz CT molecular complexity index is 406. The van der Waals surface area contributed by atoms with Crippen molar-refractivity contribution in [1.82, 2.24) is 5.32 Å². The number of nitrogens with two attached hydrogens (primary N) is 1. The summed E-state index contributed by atoms with van der Waals surface area (Å²) in [5.41, 5.74) is 5.16. The Morgan fingerprint density at radius 3 is 2.05 bits per heavy atom. The highest BCUT2D eigenvalue weighted by Gasteiger charge is 2.66. The van der Waals surface area contributed by atoms with Gasteiger partial charge in [-0.1, -0.05) is 45.7 Å². The summed E-state index contributed by atoms with van der Waals surface area (Å²) in [6, 6.07) is 0.150. The van der Waals surface area contributed by atoms with Crippen LogP contribution in [0.1, 0.15) is 53.4 Å². The molecule has 2 saturated carbocycles. The second-order valence-corrected chi connectivity index (χ2v) is 7.12. The summed E-state index contributed by atoms with van der Waals surface area (Å²) in [6.45, 7) is 8.62. The van der Waals surface area contributed by atoms with Crippen LogP contribution in [-0.4, -0.2) is 23.0 Å². The number of rotatable bonds is 3. The maximum atomic E-state index is 12.6. The summed E-state index contributed by atoms with van der Waals surface area (Å²) >= 11 is 0. The van der Waals surface area contributed by atoms with Crippen LogP contribution in [0.4, 0.5) is 0 Å². The molecule has 0 heterocycles. The first kappa shape index (κ1) is 14.2. The average molecular weight is 267 g/mol. The Morgan fingerprint density at radius 2 is 1.68 bits per heavy atom. The van der Waals surface area contributed by atoms with Crippen LogP contribution in [0.5, 0.6) is 0 Å². The standard InChI is InChI=1S/C14H25N3O2/c1-12(2)9(13(12,3)4)16-11(18)14(10(15)17-19)7-5-6-8-14/h9,19H,5-8H2,1-4H3,(H2,15,17)(H,16,18). The average Bonchev–Trinajstić information content (AvgIpc) is 2.79. The highest BCUT2D eigenvalue weighted by molar-refractivity contribution is 6.07. The SMILES string of the molecule is CC1(C)C(NC(=O)C2(C(N)=NO)CCCC2)C1(C)C. The van der Waals surface area contributed by atoms with Crippen molar-refractivity contribution in [2.24, 2.45) is 27.1 Å². The van der Waals surface area contributed by atoms with Gasteiger partial charge in [0.15, 0.2) is 5.84 Å². The lowest BCUT2D eigenvalue weighted by Crippen LogP contribution is -2.49. The lowest BCUT2D eigenvalue weighted by Gasteiger charge is -2.26. The fourth-order valence-corrected chi connectivity index (χ4v) is 3.50. The van der Waals surface area contributed by atoms with Crippen molar-refractivity contribution in [3.05, 3.63) is 0 Å². The molecule has 0 aromatic heterocycles. The van der Waals surface area contributed by atoms with E-state index < -0.39 is 5.41 Å². The normalized spacial score (nSPS) is 28.1. The predicted molar refractivity (Wildman–Crippen MR) is 73.8 cm³/mol. The highest BCUT2D eigenvalue weighted by atomic mass is 16.4. The van der Waals surface area contributed by atoms with Crippen molar-refractivity contribution in [2.45, 2.75) is 59.4 Å². The lowest BCUT2D eigenvalue weighted by atomic mass is 9.83. The lowest BCUT2D eigenvalue weighted by molar-refractivity contribution is -0.127. The number of hydrogen-bond acceptors (Lipinski definition) is 3. The Labute approximate surface area is 114 Å². The van der Waals surface area contributed by atoms with E-state index in [1.54, 1.807) is 0 Å².